The molecule has 6 heteroatoms. The molecule has 0 aliphatic carbocycles. The van der Waals surface area contributed by atoms with Crippen molar-refractivity contribution in [3.05, 3.63) is 70.5 Å². The summed E-state index contributed by atoms with van der Waals surface area (Å²) in [6, 6.07) is 7.35. The Kier molecular flexibility index (Phi) is 5.21. The Morgan fingerprint density at radius 2 is 1.93 bits per heavy atom. The molecule has 0 saturated carbocycles. The van der Waals surface area contributed by atoms with E-state index in [1.54, 1.807) is 31.2 Å². The molecule has 0 amide bonds. The average molecular weight is 383 g/mol. The molecule has 1 aliphatic heterocycles. The summed E-state index contributed by atoms with van der Waals surface area (Å²) in [6.45, 7) is 3.21. The zero-order chi connectivity index (χ0) is 19.7. The highest BCUT2D eigenvalue weighted by Gasteiger charge is 2.21. The lowest BCUT2D eigenvalue weighted by Crippen LogP contribution is -2.07. The molecule has 3 rings (SSSR count). The summed E-state index contributed by atoms with van der Waals surface area (Å²) in [5.74, 6) is -1.08. The number of aryl methyl sites for hydroxylation is 1. The fraction of sp³-hybridized carbons (Fsp3) is 0.143. The van der Waals surface area contributed by atoms with Crippen LogP contribution in [0.4, 0.5) is 8.78 Å². The summed E-state index contributed by atoms with van der Waals surface area (Å²) in [7, 11) is 2.29. The normalized spacial score (nSPS) is 13.3. The monoisotopic (exact) mass is 383 g/mol. The van der Waals surface area contributed by atoms with Gasteiger partial charge >= 0.3 is 0 Å². The fourth-order valence-electron chi connectivity index (χ4n) is 3.02. The molecule has 136 valence electrons. The summed E-state index contributed by atoms with van der Waals surface area (Å²) in [5.41, 5.74) is 2.09. The second kappa shape index (κ2) is 7.42. The largest absolute Gasteiger partial charge is 0.464 e. The lowest BCUT2D eigenvalue weighted by atomic mass is 9.94. The average Bonchev–Trinajstić information content (AvgIpc) is 2.63. The van der Waals surface area contributed by atoms with E-state index in [4.69, 9.17) is 10.00 Å². The molecule has 0 bridgehead atoms. The number of rotatable bonds is 3. The molecular weight excluding hydrogens is 367 g/mol. The van der Waals surface area contributed by atoms with Gasteiger partial charge in [-0.25, -0.2) is 8.78 Å². The Labute approximate surface area is 158 Å². The number of carbonyl (C=O) groups excluding carboxylic acids is 1. The number of hydrogen-bond acceptors (Lipinski definition) is 3. The Balaban J connectivity index is 2.15. The van der Waals surface area contributed by atoms with E-state index in [0.717, 1.165) is 6.07 Å². The quantitative estimate of drug-likeness (QED) is 0.731. The van der Waals surface area contributed by atoms with Crippen molar-refractivity contribution in [2.24, 2.45) is 0 Å². The maximum absolute atomic E-state index is 14.9. The van der Waals surface area contributed by atoms with Crippen molar-refractivity contribution in [3.8, 4) is 17.2 Å². The van der Waals surface area contributed by atoms with E-state index in [9.17, 15) is 13.6 Å². The molecule has 0 saturated heterocycles. The third-order valence-corrected chi connectivity index (χ3v) is 4.86. The van der Waals surface area contributed by atoms with Crippen LogP contribution in [0.3, 0.4) is 0 Å². The first-order valence-electron chi connectivity index (χ1n) is 8.19. The van der Waals surface area contributed by atoms with Crippen molar-refractivity contribution < 1.29 is 18.3 Å². The number of hydrogen-bond donors (Lipinski definition) is 0. The maximum atomic E-state index is 14.9. The van der Waals surface area contributed by atoms with Crippen LogP contribution in [0.25, 0.3) is 16.9 Å². The van der Waals surface area contributed by atoms with E-state index in [1.165, 1.54) is 19.3 Å². The summed E-state index contributed by atoms with van der Waals surface area (Å²) < 4.78 is 34.5. The summed E-state index contributed by atoms with van der Waals surface area (Å²) in [4.78, 5) is 11.9. The van der Waals surface area contributed by atoms with E-state index in [-0.39, 0.29) is 16.9 Å². The van der Waals surface area contributed by atoms with Crippen molar-refractivity contribution >= 4 is 26.1 Å². The highest BCUT2D eigenvalue weighted by molar-refractivity contribution is 7.27. The summed E-state index contributed by atoms with van der Waals surface area (Å²) in [5, 5.41) is 9.34. The molecule has 0 radical (unpaired) electrons. The van der Waals surface area contributed by atoms with Gasteiger partial charge in [0, 0.05) is 23.1 Å². The fourth-order valence-corrected chi connectivity index (χ4v) is 3.41. The lowest BCUT2D eigenvalue weighted by molar-refractivity contribution is -0.113. The predicted molar refractivity (Wildman–Crippen MR) is 103 cm³/mol. The first kappa shape index (κ1) is 18.9. The minimum absolute atomic E-state index is 0.0869. The SMILES string of the molecule is CC(=O)C1=C(c2cc(F)c(-c3cc(F)c(C#N)c(P)c3)cc2C)OC=CC1. The van der Waals surface area contributed by atoms with Gasteiger partial charge in [-0.3, -0.25) is 4.79 Å². The molecule has 0 aromatic heterocycles. The van der Waals surface area contributed by atoms with Gasteiger partial charge in [0.25, 0.3) is 0 Å². The number of nitriles is 1. The standard InChI is InChI=1S/C21H16F2NO2P/c1-11-6-16(13-7-18(22)17(10-24)20(27)8-13)19(23)9-15(11)21-14(12(2)25)4-3-5-26-21/h3,5-9H,4,27H2,1-2H3. The van der Waals surface area contributed by atoms with Gasteiger partial charge in [0.05, 0.1) is 11.8 Å². The molecule has 2 aromatic carbocycles. The topological polar surface area (TPSA) is 50.1 Å². The molecular formula is C21H16F2NO2P. The van der Waals surface area contributed by atoms with E-state index in [1.807, 2.05) is 0 Å². The first-order valence-corrected chi connectivity index (χ1v) is 8.77. The van der Waals surface area contributed by atoms with Crippen LogP contribution in [0.2, 0.25) is 0 Å². The van der Waals surface area contributed by atoms with Crippen molar-refractivity contribution in [2.75, 3.05) is 0 Å². The van der Waals surface area contributed by atoms with E-state index >= 15 is 0 Å². The summed E-state index contributed by atoms with van der Waals surface area (Å²) in [6.07, 6.45) is 3.62. The molecule has 3 nitrogen and oxygen atoms in total. The third-order valence-electron chi connectivity index (χ3n) is 4.41. The Bertz CT molecular complexity index is 1040. The van der Waals surface area contributed by atoms with Crippen LogP contribution in [0.1, 0.15) is 30.0 Å². The van der Waals surface area contributed by atoms with Crippen LogP contribution in [-0.4, -0.2) is 5.78 Å². The number of benzene rings is 2. The number of nitrogens with zero attached hydrogens (tertiary/aromatic N) is 1. The molecule has 0 N–H and O–H groups in total. The van der Waals surface area contributed by atoms with Gasteiger partial charge in [-0.1, -0.05) is 0 Å². The number of ether oxygens (including phenoxy) is 1. The zero-order valence-electron chi connectivity index (χ0n) is 14.8. The second-order valence-corrected chi connectivity index (χ2v) is 6.86. The maximum Gasteiger partial charge on any atom is 0.159 e. The minimum atomic E-state index is -0.705. The smallest absolute Gasteiger partial charge is 0.159 e. The van der Waals surface area contributed by atoms with Crippen LogP contribution in [0.15, 0.2) is 42.2 Å². The van der Waals surface area contributed by atoms with Crippen LogP contribution in [0.5, 0.6) is 0 Å². The highest BCUT2D eigenvalue weighted by atomic mass is 31.0. The van der Waals surface area contributed by atoms with Gasteiger partial charge in [-0.15, -0.1) is 9.24 Å². The highest BCUT2D eigenvalue weighted by Crippen LogP contribution is 2.34. The van der Waals surface area contributed by atoms with Gasteiger partial charge in [0.15, 0.2) is 5.78 Å². The molecule has 0 spiro atoms. The number of Topliss-reactive ketones (excluding diaryl/α,β-unsaturated/α-hetero) is 1. The lowest BCUT2D eigenvalue weighted by Gasteiger charge is -2.18. The van der Waals surface area contributed by atoms with Gasteiger partial charge in [0.2, 0.25) is 0 Å². The van der Waals surface area contributed by atoms with Gasteiger partial charge in [-0.2, -0.15) is 5.26 Å². The van der Waals surface area contributed by atoms with Gasteiger partial charge < -0.3 is 4.74 Å². The molecule has 1 unspecified atom stereocenters. The van der Waals surface area contributed by atoms with Crippen molar-refractivity contribution in [1.29, 1.82) is 5.26 Å². The molecule has 27 heavy (non-hydrogen) atoms. The van der Waals surface area contributed by atoms with Crippen LogP contribution in [-0.2, 0) is 9.53 Å². The predicted octanol–water partition coefficient (Wildman–Crippen LogP) is 4.55. The second-order valence-electron chi connectivity index (χ2n) is 6.24. The van der Waals surface area contributed by atoms with Gasteiger partial charge in [-0.05, 0) is 60.6 Å². The van der Waals surface area contributed by atoms with Crippen LogP contribution in [0, 0.1) is 29.9 Å². The molecule has 1 aliphatic rings. The number of allylic oxidation sites excluding steroid dienone is 2. The van der Waals surface area contributed by atoms with E-state index < -0.39 is 11.6 Å². The number of ketones is 1. The Morgan fingerprint density at radius 1 is 1.19 bits per heavy atom. The van der Waals surface area contributed by atoms with Crippen LogP contribution < -0.4 is 5.30 Å². The van der Waals surface area contributed by atoms with Crippen molar-refractivity contribution in [1.82, 2.24) is 0 Å². The molecule has 2 aromatic rings. The number of carbonyl (C=O) groups is 1. The van der Waals surface area contributed by atoms with E-state index in [2.05, 4.69) is 9.24 Å². The molecule has 0 fully saturated rings. The first-order chi connectivity index (χ1) is 12.8. The molecule has 1 atom stereocenters. The zero-order valence-corrected chi connectivity index (χ0v) is 15.9. The van der Waals surface area contributed by atoms with Crippen molar-refractivity contribution in [3.63, 3.8) is 0 Å². The Morgan fingerprint density at radius 3 is 2.56 bits per heavy atom. The Hall–Kier alpha value is -2.83. The molecule has 1 heterocycles. The van der Waals surface area contributed by atoms with Crippen LogP contribution >= 0.6 is 9.24 Å². The van der Waals surface area contributed by atoms with Crippen molar-refractivity contribution in [2.45, 2.75) is 20.3 Å². The van der Waals surface area contributed by atoms with E-state index in [0.29, 0.717) is 39.7 Å². The minimum Gasteiger partial charge on any atom is -0.464 e. The number of halogens is 2. The summed E-state index contributed by atoms with van der Waals surface area (Å²) >= 11 is 0. The van der Waals surface area contributed by atoms with Gasteiger partial charge in [0.1, 0.15) is 23.5 Å². The third kappa shape index (κ3) is 3.54.